The van der Waals surface area contributed by atoms with Crippen molar-refractivity contribution in [1.29, 1.82) is 0 Å². The zero-order valence-electron chi connectivity index (χ0n) is 7.02. The van der Waals surface area contributed by atoms with Gasteiger partial charge in [0.15, 0.2) is 0 Å². The molecule has 0 aromatic rings. The highest BCUT2D eigenvalue weighted by Gasteiger charge is 2.24. The number of rotatable bonds is 4. The molecule has 0 aliphatic carbocycles. The van der Waals surface area contributed by atoms with Crippen LogP contribution in [0.3, 0.4) is 0 Å². The minimum absolute atomic E-state index is 0.0162. The summed E-state index contributed by atoms with van der Waals surface area (Å²) in [6.45, 7) is 5.84. The van der Waals surface area contributed by atoms with E-state index in [0.717, 1.165) is 12.8 Å². The fourth-order valence-electron chi connectivity index (χ4n) is 0.755. The summed E-state index contributed by atoms with van der Waals surface area (Å²) < 4.78 is 0. The summed E-state index contributed by atoms with van der Waals surface area (Å²) in [6.07, 6.45) is 1.98. The van der Waals surface area contributed by atoms with Gasteiger partial charge in [0, 0.05) is 6.04 Å². The third-order valence-electron chi connectivity index (χ3n) is 1.81. The van der Waals surface area contributed by atoms with E-state index in [-0.39, 0.29) is 11.6 Å². The number of hydrogen-bond acceptors (Lipinski definition) is 3. The average molecular weight is 146 g/mol. The Labute approximate surface area is 62.6 Å². The molecule has 0 aliphatic rings. The third-order valence-corrected chi connectivity index (χ3v) is 1.81. The Morgan fingerprint density at radius 2 is 2.10 bits per heavy atom. The van der Waals surface area contributed by atoms with Gasteiger partial charge in [0.1, 0.15) is 0 Å². The third kappa shape index (κ3) is 2.64. The van der Waals surface area contributed by atoms with Crippen LogP contribution in [0.25, 0.3) is 0 Å². The van der Waals surface area contributed by atoms with Crippen molar-refractivity contribution in [3.8, 4) is 0 Å². The van der Waals surface area contributed by atoms with Crippen molar-refractivity contribution in [3.63, 3.8) is 0 Å². The van der Waals surface area contributed by atoms with Crippen molar-refractivity contribution in [2.75, 3.05) is 0 Å². The summed E-state index contributed by atoms with van der Waals surface area (Å²) in [7, 11) is 0. The van der Waals surface area contributed by atoms with Crippen LogP contribution >= 0.6 is 0 Å². The Bertz CT molecular complexity index is 93.6. The minimum Gasteiger partial charge on any atom is -0.326 e. The molecule has 0 radical (unpaired) electrons. The van der Waals surface area contributed by atoms with Crippen molar-refractivity contribution >= 4 is 0 Å². The van der Waals surface area contributed by atoms with Crippen LogP contribution in [0, 0.1) is 0 Å². The predicted molar refractivity (Wildman–Crippen MR) is 41.9 cm³/mol. The van der Waals surface area contributed by atoms with Crippen molar-refractivity contribution in [3.05, 3.63) is 0 Å². The molecule has 1 atom stereocenters. The van der Waals surface area contributed by atoms with E-state index in [4.69, 9.17) is 10.9 Å². The van der Waals surface area contributed by atoms with E-state index in [2.05, 4.69) is 12.4 Å². The maximum absolute atomic E-state index is 8.66. The van der Waals surface area contributed by atoms with Crippen LogP contribution in [0.2, 0.25) is 0 Å². The average Bonchev–Trinajstić information content (AvgIpc) is 1.89. The number of hydrogen-bond donors (Lipinski definition) is 3. The van der Waals surface area contributed by atoms with Gasteiger partial charge in [0.05, 0.1) is 5.54 Å². The largest absolute Gasteiger partial charge is 0.326 e. The van der Waals surface area contributed by atoms with E-state index >= 15 is 0 Å². The highest BCUT2D eigenvalue weighted by molar-refractivity contribution is 4.85. The van der Waals surface area contributed by atoms with Crippen LogP contribution < -0.4 is 11.2 Å². The van der Waals surface area contributed by atoms with E-state index in [1.54, 1.807) is 0 Å². The van der Waals surface area contributed by atoms with Gasteiger partial charge in [0.2, 0.25) is 0 Å². The minimum atomic E-state index is -0.365. The molecule has 3 heteroatoms. The fraction of sp³-hybridized carbons (Fsp3) is 1.00. The molecule has 0 saturated carbocycles. The first-order chi connectivity index (χ1) is 4.54. The Morgan fingerprint density at radius 3 is 2.40 bits per heavy atom. The Balaban J connectivity index is 3.78. The first-order valence-corrected chi connectivity index (χ1v) is 3.71. The molecule has 0 bridgehead atoms. The summed E-state index contributed by atoms with van der Waals surface area (Å²) in [5.41, 5.74) is 7.59. The van der Waals surface area contributed by atoms with Crippen molar-refractivity contribution in [1.82, 2.24) is 5.48 Å². The van der Waals surface area contributed by atoms with Crippen molar-refractivity contribution in [2.24, 2.45) is 5.73 Å². The lowest BCUT2D eigenvalue weighted by molar-refractivity contribution is 0.0642. The van der Waals surface area contributed by atoms with E-state index in [1.165, 1.54) is 0 Å². The topological polar surface area (TPSA) is 58.3 Å². The molecule has 0 aliphatic heterocycles. The number of hydroxylamine groups is 1. The monoisotopic (exact) mass is 146 g/mol. The molecule has 10 heavy (non-hydrogen) atoms. The summed E-state index contributed by atoms with van der Waals surface area (Å²) in [4.78, 5) is 0. The smallest absolute Gasteiger partial charge is 0.0524 e. The number of nitrogens with two attached hydrogens (primary N) is 1. The van der Waals surface area contributed by atoms with Crippen LogP contribution in [0.1, 0.15) is 33.6 Å². The fourth-order valence-corrected chi connectivity index (χ4v) is 0.755. The van der Waals surface area contributed by atoms with Crippen LogP contribution in [-0.4, -0.2) is 16.8 Å². The van der Waals surface area contributed by atoms with Gasteiger partial charge < -0.3 is 10.9 Å². The van der Waals surface area contributed by atoms with E-state index in [1.807, 2.05) is 13.8 Å². The van der Waals surface area contributed by atoms with Gasteiger partial charge in [-0.2, -0.15) is 5.48 Å². The summed E-state index contributed by atoms with van der Waals surface area (Å²) in [5.74, 6) is 0. The van der Waals surface area contributed by atoms with Gasteiger partial charge in [-0.15, -0.1) is 0 Å². The Hall–Kier alpha value is -0.120. The van der Waals surface area contributed by atoms with Crippen molar-refractivity contribution in [2.45, 2.75) is 45.2 Å². The molecule has 0 saturated heterocycles. The van der Waals surface area contributed by atoms with Crippen LogP contribution in [0.4, 0.5) is 0 Å². The number of nitrogens with one attached hydrogen (secondary N) is 1. The molecule has 0 aromatic carbocycles. The molecule has 3 nitrogen and oxygen atoms in total. The molecule has 62 valence electrons. The maximum atomic E-state index is 8.66. The zero-order chi connectivity index (χ0) is 8.20. The molecule has 0 fully saturated rings. The molecule has 0 heterocycles. The summed E-state index contributed by atoms with van der Waals surface area (Å²) in [6, 6.07) is 0.0162. The SMILES string of the molecule is CCCC(N)C(C)(C)NO. The Kier molecular flexibility index (Phi) is 3.86. The second-order valence-electron chi connectivity index (χ2n) is 3.23. The normalized spacial score (nSPS) is 15.3. The van der Waals surface area contributed by atoms with Gasteiger partial charge in [-0.05, 0) is 20.3 Å². The van der Waals surface area contributed by atoms with Gasteiger partial charge in [-0.1, -0.05) is 13.3 Å². The van der Waals surface area contributed by atoms with Crippen molar-refractivity contribution < 1.29 is 5.21 Å². The predicted octanol–water partition coefficient (Wildman–Crippen LogP) is 0.871. The first kappa shape index (κ1) is 9.88. The zero-order valence-corrected chi connectivity index (χ0v) is 7.02. The molecular formula is C7H18N2O. The van der Waals surface area contributed by atoms with E-state index in [9.17, 15) is 0 Å². The molecular weight excluding hydrogens is 128 g/mol. The molecule has 4 N–H and O–H groups in total. The lowest BCUT2D eigenvalue weighted by atomic mass is 9.93. The second-order valence-corrected chi connectivity index (χ2v) is 3.23. The van der Waals surface area contributed by atoms with Crippen LogP contribution in [0.15, 0.2) is 0 Å². The molecule has 1 unspecified atom stereocenters. The molecule has 0 amide bonds. The van der Waals surface area contributed by atoms with Crippen LogP contribution in [0.5, 0.6) is 0 Å². The van der Waals surface area contributed by atoms with Gasteiger partial charge in [-0.25, -0.2) is 0 Å². The quantitative estimate of drug-likeness (QED) is 0.516. The first-order valence-electron chi connectivity index (χ1n) is 3.71. The Morgan fingerprint density at radius 1 is 1.60 bits per heavy atom. The van der Waals surface area contributed by atoms with Crippen LogP contribution in [-0.2, 0) is 0 Å². The summed E-state index contributed by atoms with van der Waals surface area (Å²) >= 11 is 0. The standard InChI is InChI=1S/C7H18N2O/c1-4-5-6(8)7(2,3)9-10/h6,9-10H,4-5,8H2,1-3H3. The molecule has 0 aromatic heterocycles. The van der Waals surface area contributed by atoms with E-state index in [0.29, 0.717) is 0 Å². The van der Waals surface area contributed by atoms with Gasteiger partial charge >= 0.3 is 0 Å². The van der Waals surface area contributed by atoms with E-state index < -0.39 is 0 Å². The van der Waals surface area contributed by atoms with Gasteiger partial charge in [0.25, 0.3) is 0 Å². The maximum Gasteiger partial charge on any atom is 0.0524 e. The second kappa shape index (κ2) is 3.91. The highest BCUT2D eigenvalue weighted by atomic mass is 16.5. The molecule has 0 spiro atoms. The lowest BCUT2D eigenvalue weighted by Crippen LogP contribution is -2.52. The summed E-state index contributed by atoms with van der Waals surface area (Å²) in [5, 5.41) is 8.66. The highest BCUT2D eigenvalue weighted by Crippen LogP contribution is 2.10. The molecule has 0 rings (SSSR count). The van der Waals surface area contributed by atoms with Gasteiger partial charge in [-0.3, -0.25) is 0 Å². The lowest BCUT2D eigenvalue weighted by Gasteiger charge is -2.29.